The Balaban J connectivity index is 1.67. The zero-order valence-electron chi connectivity index (χ0n) is 13.6. The van der Waals surface area contributed by atoms with Crippen LogP contribution < -0.4 is 5.32 Å². The molecule has 4 heterocycles. The van der Waals surface area contributed by atoms with Gasteiger partial charge in [-0.3, -0.25) is 0 Å². The second kappa shape index (κ2) is 6.43. The number of hydrogen-bond acceptors (Lipinski definition) is 6. The fourth-order valence-corrected chi connectivity index (χ4v) is 2.52. The molecule has 4 aromatic rings. The molecule has 0 unspecified atom stereocenters. The van der Waals surface area contributed by atoms with Gasteiger partial charge in [0, 0.05) is 6.20 Å². The molecule has 9 heteroatoms. The number of aromatic nitrogens is 6. The number of anilines is 1. The summed E-state index contributed by atoms with van der Waals surface area (Å²) in [5.41, 5.74) is 1.49. The first-order chi connectivity index (χ1) is 12.6. The Morgan fingerprint density at radius 1 is 1.04 bits per heavy atom. The normalized spacial score (nSPS) is 12.3. The summed E-state index contributed by atoms with van der Waals surface area (Å²) in [7, 11) is 0. The average molecular weight is 353 g/mol. The third-order valence-corrected chi connectivity index (χ3v) is 3.79. The highest BCUT2D eigenvalue weighted by Crippen LogP contribution is 2.24. The lowest BCUT2D eigenvalue weighted by atomic mass is 10.2. The van der Waals surface area contributed by atoms with Crippen LogP contribution >= 0.6 is 0 Å². The molecule has 26 heavy (non-hydrogen) atoms. The number of rotatable bonds is 4. The Kier molecular flexibility index (Phi) is 3.96. The van der Waals surface area contributed by atoms with Crippen LogP contribution in [0, 0.1) is 11.6 Å². The summed E-state index contributed by atoms with van der Waals surface area (Å²) in [4.78, 5) is 16.1. The van der Waals surface area contributed by atoms with Crippen molar-refractivity contribution in [2.24, 2.45) is 0 Å². The van der Waals surface area contributed by atoms with Gasteiger partial charge < -0.3 is 5.32 Å². The lowest BCUT2D eigenvalue weighted by Crippen LogP contribution is -2.13. The topological polar surface area (TPSA) is 80.9 Å². The molecule has 1 N–H and O–H groups in total. The summed E-state index contributed by atoms with van der Waals surface area (Å²) in [6.07, 6.45) is 6.63. The van der Waals surface area contributed by atoms with Gasteiger partial charge in [-0.2, -0.15) is 5.10 Å². The minimum absolute atomic E-state index is 0.00528. The summed E-state index contributed by atoms with van der Waals surface area (Å²) in [5, 5.41) is 7.13. The van der Waals surface area contributed by atoms with E-state index >= 15 is 0 Å². The fraction of sp³-hybridized carbons (Fsp3) is 0.118. The standard InChI is InChI=1S/C17H13F2N7/c1-10(15-20-6-11(18)7-21-15)24-17-13(19)9-22-16(25-17)12-8-23-26-5-3-2-4-14(12)26/h2-10H,1H3,(H,22,24,25)/t10-/m0/s1. The number of halogens is 2. The lowest BCUT2D eigenvalue weighted by Gasteiger charge is -2.14. The Morgan fingerprint density at radius 3 is 2.65 bits per heavy atom. The average Bonchev–Trinajstić information content (AvgIpc) is 3.08. The predicted octanol–water partition coefficient (Wildman–Crippen LogP) is 3.03. The molecule has 0 saturated heterocycles. The molecular weight excluding hydrogens is 340 g/mol. The van der Waals surface area contributed by atoms with Crippen molar-refractivity contribution in [1.82, 2.24) is 29.5 Å². The molecule has 0 bridgehead atoms. The molecule has 0 aromatic carbocycles. The van der Waals surface area contributed by atoms with Gasteiger partial charge in [-0.25, -0.2) is 33.2 Å². The summed E-state index contributed by atoms with van der Waals surface area (Å²) >= 11 is 0. The van der Waals surface area contributed by atoms with Crippen LogP contribution in [0.2, 0.25) is 0 Å². The zero-order chi connectivity index (χ0) is 18.1. The molecule has 0 amide bonds. The van der Waals surface area contributed by atoms with Gasteiger partial charge in [0.1, 0.15) is 5.82 Å². The van der Waals surface area contributed by atoms with Crippen molar-refractivity contribution < 1.29 is 8.78 Å². The molecular formula is C17H13F2N7. The first-order valence-corrected chi connectivity index (χ1v) is 7.81. The Morgan fingerprint density at radius 2 is 1.85 bits per heavy atom. The van der Waals surface area contributed by atoms with Crippen molar-refractivity contribution in [3.63, 3.8) is 0 Å². The van der Waals surface area contributed by atoms with E-state index in [0.29, 0.717) is 17.2 Å². The zero-order valence-corrected chi connectivity index (χ0v) is 13.6. The van der Waals surface area contributed by atoms with E-state index in [0.717, 1.165) is 24.1 Å². The van der Waals surface area contributed by atoms with Crippen molar-refractivity contribution in [3.05, 3.63) is 66.6 Å². The molecule has 0 aliphatic rings. The molecule has 0 spiro atoms. The maximum atomic E-state index is 14.2. The smallest absolute Gasteiger partial charge is 0.183 e. The van der Waals surface area contributed by atoms with Crippen molar-refractivity contribution in [3.8, 4) is 11.4 Å². The van der Waals surface area contributed by atoms with E-state index in [1.54, 1.807) is 23.8 Å². The summed E-state index contributed by atoms with van der Waals surface area (Å²) in [6.45, 7) is 1.73. The monoisotopic (exact) mass is 353 g/mol. The number of fused-ring (bicyclic) bond motifs is 1. The highest BCUT2D eigenvalue weighted by Gasteiger charge is 2.16. The molecule has 1 atom stereocenters. The molecule has 7 nitrogen and oxygen atoms in total. The Labute approximate surface area is 146 Å². The van der Waals surface area contributed by atoms with Gasteiger partial charge in [0.25, 0.3) is 0 Å². The van der Waals surface area contributed by atoms with E-state index in [2.05, 4.69) is 30.4 Å². The molecule has 0 aliphatic carbocycles. The van der Waals surface area contributed by atoms with Crippen LogP contribution in [0.5, 0.6) is 0 Å². The van der Waals surface area contributed by atoms with E-state index in [1.807, 2.05) is 18.2 Å². The first-order valence-electron chi connectivity index (χ1n) is 7.81. The number of nitrogens with zero attached hydrogens (tertiary/aromatic N) is 6. The van der Waals surface area contributed by atoms with E-state index in [1.165, 1.54) is 0 Å². The Hall–Kier alpha value is -3.49. The predicted molar refractivity (Wildman–Crippen MR) is 90.2 cm³/mol. The van der Waals surface area contributed by atoms with Gasteiger partial charge in [-0.1, -0.05) is 6.07 Å². The minimum atomic E-state index is -0.612. The van der Waals surface area contributed by atoms with Crippen LogP contribution in [0.4, 0.5) is 14.6 Å². The van der Waals surface area contributed by atoms with Gasteiger partial charge in [-0.05, 0) is 19.1 Å². The van der Waals surface area contributed by atoms with Crippen molar-refractivity contribution in [2.75, 3.05) is 5.32 Å². The van der Waals surface area contributed by atoms with Crippen molar-refractivity contribution in [2.45, 2.75) is 13.0 Å². The molecule has 4 aromatic heterocycles. The van der Waals surface area contributed by atoms with E-state index in [9.17, 15) is 8.78 Å². The van der Waals surface area contributed by atoms with Gasteiger partial charge >= 0.3 is 0 Å². The summed E-state index contributed by atoms with van der Waals surface area (Å²) in [5.74, 6) is -0.487. The quantitative estimate of drug-likeness (QED) is 0.607. The second-order valence-corrected chi connectivity index (χ2v) is 5.60. The minimum Gasteiger partial charge on any atom is -0.358 e. The molecule has 4 rings (SSSR count). The van der Waals surface area contributed by atoms with E-state index < -0.39 is 17.7 Å². The second-order valence-electron chi connectivity index (χ2n) is 5.60. The van der Waals surface area contributed by atoms with Crippen LogP contribution in [-0.4, -0.2) is 29.5 Å². The highest BCUT2D eigenvalue weighted by molar-refractivity contribution is 5.75. The summed E-state index contributed by atoms with van der Waals surface area (Å²) in [6, 6.07) is 5.12. The van der Waals surface area contributed by atoms with Gasteiger partial charge in [0.15, 0.2) is 23.3 Å². The Bertz CT molecular complexity index is 1060. The van der Waals surface area contributed by atoms with Crippen LogP contribution in [0.3, 0.4) is 0 Å². The third kappa shape index (κ3) is 2.94. The summed E-state index contributed by atoms with van der Waals surface area (Å²) < 4.78 is 28.8. The lowest BCUT2D eigenvalue weighted by molar-refractivity contribution is 0.599. The maximum Gasteiger partial charge on any atom is 0.183 e. The molecule has 130 valence electrons. The number of hydrogen-bond donors (Lipinski definition) is 1. The fourth-order valence-electron chi connectivity index (χ4n) is 2.52. The van der Waals surface area contributed by atoms with Crippen molar-refractivity contribution >= 4 is 11.3 Å². The molecule has 0 saturated carbocycles. The van der Waals surface area contributed by atoms with Gasteiger partial charge in [0.2, 0.25) is 0 Å². The van der Waals surface area contributed by atoms with Crippen LogP contribution in [0.1, 0.15) is 18.8 Å². The third-order valence-electron chi connectivity index (χ3n) is 3.79. The van der Waals surface area contributed by atoms with E-state index in [4.69, 9.17) is 0 Å². The van der Waals surface area contributed by atoms with E-state index in [-0.39, 0.29) is 5.82 Å². The molecule has 0 aliphatic heterocycles. The van der Waals surface area contributed by atoms with Gasteiger partial charge in [0.05, 0.1) is 41.9 Å². The maximum absolute atomic E-state index is 14.2. The van der Waals surface area contributed by atoms with Crippen LogP contribution in [0.25, 0.3) is 16.9 Å². The van der Waals surface area contributed by atoms with Crippen molar-refractivity contribution in [1.29, 1.82) is 0 Å². The largest absolute Gasteiger partial charge is 0.358 e. The highest BCUT2D eigenvalue weighted by atomic mass is 19.1. The number of pyridine rings is 1. The van der Waals surface area contributed by atoms with Gasteiger partial charge in [-0.15, -0.1) is 0 Å². The van der Waals surface area contributed by atoms with Crippen LogP contribution in [-0.2, 0) is 0 Å². The molecule has 0 radical (unpaired) electrons. The first kappa shape index (κ1) is 16.0. The SMILES string of the molecule is C[C@H](Nc1nc(-c2cnn3ccccc23)ncc1F)c1ncc(F)cn1. The molecule has 0 fully saturated rings. The number of nitrogens with one attached hydrogen (secondary N) is 1. The van der Waals surface area contributed by atoms with Crippen LogP contribution in [0.15, 0.2) is 49.2 Å².